The molecular weight excluding hydrogens is 334 g/mol. The first-order valence-electron chi connectivity index (χ1n) is 8.63. The Hall–Kier alpha value is -2.60. The minimum absolute atomic E-state index is 0.127. The summed E-state index contributed by atoms with van der Waals surface area (Å²) in [6.45, 7) is 0.862. The molecule has 2 aliphatic rings. The first-order chi connectivity index (χ1) is 12.7. The predicted octanol–water partition coefficient (Wildman–Crippen LogP) is 2.84. The van der Waals surface area contributed by atoms with Crippen molar-refractivity contribution in [3.8, 4) is 39.9 Å². The number of hydrogen-bond acceptors (Lipinski definition) is 6. The van der Waals surface area contributed by atoms with E-state index in [4.69, 9.17) is 18.9 Å². The lowest BCUT2D eigenvalue weighted by Gasteiger charge is -2.37. The van der Waals surface area contributed by atoms with Gasteiger partial charge in [0.15, 0.2) is 23.0 Å². The topological polar surface area (TPSA) is 69.2 Å². The number of phenols is 1. The summed E-state index contributed by atoms with van der Waals surface area (Å²) >= 11 is 0. The maximum Gasteiger partial charge on any atom is 0.204 e. The highest BCUT2D eigenvalue weighted by Crippen LogP contribution is 2.58. The summed E-state index contributed by atoms with van der Waals surface area (Å²) in [5.41, 5.74) is 4.87. The average molecular weight is 357 g/mol. The van der Waals surface area contributed by atoms with Gasteiger partial charge in [-0.25, -0.2) is 0 Å². The van der Waals surface area contributed by atoms with Crippen molar-refractivity contribution in [1.82, 2.24) is 5.32 Å². The van der Waals surface area contributed by atoms with E-state index in [1.54, 1.807) is 34.5 Å². The lowest BCUT2D eigenvalue weighted by molar-refractivity contribution is 0.318. The molecule has 6 nitrogen and oxygen atoms in total. The molecule has 1 atom stereocenters. The van der Waals surface area contributed by atoms with Crippen LogP contribution in [0.1, 0.15) is 22.7 Å². The van der Waals surface area contributed by atoms with Gasteiger partial charge in [0.2, 0.25) is 5.75 Å². The molecule has 4 rings (SSSR count). The quantitative estimate of drug-likeness (QED) is 0.877. The standard InChI is InChI=1S/C20H23NO5/c1-23-13-6-5-10-9-12-15-11(7-8-21-12)18(24-2)20(26-4)19(25-3)16(15)14(10)17(13)22/h5-6,12,21-22H,7-9H2,1-4H3/t12-/m0/s1. The first-order valence-corrected chi connectivity index (χ1v) is 8.63. The van der Waals surface area contributed by atoms with E-state index in [9.17, 15) is 5.11 Å². The second kappa shape index (κ2) is 6.29. The average Bonchev–Trinajstić information content (AvgIpc) is 2.67. The molecule has 26 heavy (non-hydrogen) atoms. The lowest BCUT2D eigenvalue weighted by Crippen LogP contribution is -2.34. The molecule has 138 valence electrons. The van der Waals surface area contributed by atoms with Gasteiger partial charge in [-0.2, -0.15) is 0 Å². The fourth-order valence-corrected chi connectivity index (χ4v) is 4.32. The number of aromatic hydroxyl groups is 1. The smallest absolute Gasteiger partial charge is 0.204 e. The number of phenolic OH excluding ortho intramolecular Hbond substituents is 1. The normalized spacial score (nSPS) is 17.2. The van der Waals surface area contributed by atoms with Crippen molar-refractivity contribution < 1.29 is 24.1 Å². The van der Waals surface area contributed by atoms with Crippen LogP contribution < -0.4 is 24.3 Å². The van der Waals surface area contributed by atoms with Gasteiger partial charge in [0, 0.05) is 22.7 Å². The SMILES string of the molecule is COc1ccc2c(c1O)-c1c(OC)c(OC)c(OC)c3c1[C@H](C2)NCC3. The summed E-state index contributed by atoms with van der Waals surface area (Å²) in [7, 11) is 6.41. The number of ether oxygens (including phenoxy) is 4. The van der Waals surface area contributed by atoms with E-state index in [1.807, 2.05) is 6.07 Å². The van der Waals surface area contributed by atoms with Crippen molar-refractivity contribution in [1.29, 1.82) is 0 Å². The Bertz CT molecular complexity index is 877. The van der Waals surface area contributed by atoms with Crippen LogP contribution in [-0.2, 0) is 12.8 Å². The van der Waals surface area contributed by atoms with Crippen molar-refractivity contribution in [2.75, 3.05) is 35.0 Å². The van der Waals surface area contributed by atoms with Gasteiger partial charge in [-0.3, -0.25) is 0 Å². The second-order valence-electron chi connectivity index (χ2n) is 6.48. The molecular formula is C20H23NO5. The van der Waals surface area contributed by atoms with E-state index in [0.717, 1.165) is 47.2 Å². The third kappa shape index (κ3) is 2.15. The van der Waals surface area contributed by atoms with Gasteiger partial charge in [-0.05, 0) is 36.6 Å². The number of benzene rings is 2. The molecule has 2 aromatic carbocycles. The molecule has 0 amide bonds. The molecule has 0 aromatic heterocycles. The van der Waals surface area contributed by atoms with Crippen LogP contribution in [0.2, 0.25) is 0 Å². The zero-order chi connectivity index (χ0) is 18.4. The molecule has 0 radical (unpaired) electrons. The van der Waals surface area contributed by atoms with Crippen LogP contribution in [-0.4, -0.2) is 40.1 Å². The molecule has 1 aliphatic carbocycles. The Morgan fingerprint density at radius 1 is 0.923 bits per heavy atom. The van der Waals surface area contributed by atoms with Crippen LogP contribution in [0.4, 0.5) is 0 Å². The number of hydrogen-bond donors (Lipinski definition) is 2. The summed E-state index contributed by atoms with van der Waals surface area (Å²) in [5, 5.41) is 14.5. The van der Waals surface area contributed by atoms with Gasteiger partial charge in [0.05, 0.1) is 28.4 Å². The fraction of sp³-hybridized carbons (Fsp3) is 0.400. The number of rotatable bonds is 4. The highest BCUT2D eigenvalue weighted by atomic mass is 16.5. The zero-order valence-electron chi connectivity index (χ0n) is 15.4. The van der Waals surface area contributed by atoms with Gasteiger partial charge in [-0.15, -0.1) is 0 Å². The van der Waals surface area contributed by atoms with Gasteiger partial charge in [-0.1, -0.05) is 6.07 Å². The molecule has 1 aliphatic heterocycles. The van der Waals surface area contributed by atoms with E-state index >= 15 is 0 Å². The third-order valence-electron chi connectivity index (χ3n) is 5.36. The summed E-state index contributed by atoms with van der Waals surface area (Å²) in [5.74, 6) is 2.40. The zero-order valence-corrected chi connectivity index (χ0v) is 15.4. The summed E-state index contributed by atoms with van der Waals surface area (Å²) in [6.07, 6.45) is 1.61. The number of methoxy groups -OCH3 is 4. The van der Waals surface area contributed by atoms with Gasteiger partial charge < -0.3 is 29.4 Å². The van der Waals surface area contributed by atoms with Gasteiger partial charge >= 0.3 is 0 Å². The molecule has 0 spiro atoms. The minimum Gasteiger partial charge on any atom is -0.504 e. The largest absolute Gasteiger partial charge is 0.504 e. The Balaban J connectivity index is 2.15. The maximum atomic E-state index is 10.9. The van der Waals surface area contributed by atoms with Crippen molar-refractivity contribution >= 4 is 0 Å². The molecule has 6 heteroatoms. The van der Waals surface area contributed by atoms with E-state index < -0.39 is 0 Å². The Kier molecular flexibility index (Phi) is 4.07. The van der Waals surface area contributed by atoms with Gasteiger partial charge in [0.25, 0.3) is 0 Å². The summed E-state index contributed by atoms with van der Waals surface area (Å²) in [4.78, 5) is 0. The van der Waals surface area contributed by atoms with E-state index in [2.05, 4.69) is 5.32 Å². The highest BCUT2D eigenvalue weighted by Gasteiger charge is 2.38. The summed E-state index contributed by atoms with van der Waals surface area (Å²) in [6, 6.07) is 3.95. The molecule has 0 unspecified atom stereocenters. The van der Waals surface area contributed by atoms with Crippen LogP contribution in [0.3, 0.4) is 0 Å². The minimum atomic E-state index is 0.127. The van der Waals surface area contributed by atoms with E-state index in [-0.39, 0.29) is 11.8 Å². The predicted molar refractivity (Wildman–Crippen MR) is 97.9 cm³/mol. The van der Waals surface area contributed by atoms with E-state index in [0.29, 0.717) is 23.0 Å². The first kappa shape index (κ1) is 16.8. The molecule has 2 aromatic rings. The van der Waals surface area contributed by atoms with Crippen LogP contribution in [0.5, 0.6) is 28.7 Å². The molecule has 2 N–H and O–H groups in total. The third-order valence-corrected chi connectivity index (χ3v) is 5.36. The molecule has 0 fully saturated rings. The van der Waals surface area contributed by atoms with Crippen molar-refractivity contribution in [2.45, 2.75) is 18.9 Å². The number of fused-ring (bicyclic) bond motifs is 2. The van der Waals surface area contributed by atoms with Gasteiger partial charge in [0.1, 0.15) is 0 Å². The molecule has 1 heterocycles. The summed E-state index contributed by atoms with van der Waals surface area (Å²) < 4.78 is 22.4. The Labute approximate surface area is 152 Å². The van der Waals surface area contributed by atoms with E-state index in [1.165, 1.54) is 0 Å². The number of nitrogens with one attached hydrogen (secondary N) is 1. The lowest BCUT2D eigenvalue weighted by atomic mass is 9.76. The Morgan fingerprint density at radius 2 is 1.65 bits per heavy atom. The monoisotopic (exact) mass is 357 g/mol. The molecule has 0 bridgehead atoms. The fourth-order valence-electron chi connectivity index (χ4n) is 4.32. The van der Waals surface area contributed by atoms with Crippen LogP contribution >= 0.6 is 0 Å². The molecule has 0 saturated carbocycles. The molecule has 0 saturated heterocycles. The van der Waals surface area contributed by atoms with Crippen molar-refractivity contribution in [3.05, 3.63) is 28.8 Å². The van der Waals surface area contributed by atoms with Crippen LogP contribution in [0.25, 0.3) is 11.1 Å². The maximum absolute atomic E-state index is 10.9. The van der Waals surface area contributed by atoms with Crippen LogP contribution in [0.15, 0.2) is 12.1 Å². The highest BCUT2D eigenvalue weighted by molar-refractivity contribution is 5.90. The Morgan fingerprint density at radius 3 is 2.31 bits per heavy atom. The van der Waals surface area contributed by atoms with Crippen LogP contribution in [0, 0.1) is 0 Å². The van der Waals surface area contributed by atoms with Crippen molar-refractivity contribution in [2.24, 2.45) is 0 Å². The second-order valence-corrected chi connectivity index (χ2v) is 6.48. The van der Waals surface area contributed by atoms with Crippen molar-refractivity contribution in [3.63, 3.8) is 0 Å².